The highest BCUT2D eigenvalue weighted by molar-refractivity contribution is 5.74. The van der Waals surface area contributed by atoms with Crippen molar-refractivity contribution < 1.29 is 18.0 Å². The number of urea groups is 1. The van der Waals surface area contributed by atoms with Crippen molar-refractivity contribution >= 4 is 11.7 Å². The molecule has 3 aliphatic heterocycles. The summed E-state index contributed by atoms with van der Waals surface area (Å²) in [7, 11) is 0. The maximum Gasteiger partial charge on any atom is 0.416 e. The fourth-order valence-electron chi connectivity index (χ4n) is 5.42. The third kappa shape index (κ3) is 6.78. The molecule has 0 bridgehead atoms. The molecule has 0 radical (unpaired) electrons. The molecule has 0 unspecified atom stereocenters. The van der Waals surface area contributed by atoms with Gasteiger partial charge in [0, 0.05) is 57.5 Å². The van der Waals surface area contributed by atoms with Crippen LogP contribution in [-0.4, -0.2) is 92.2 Å². The Hall–Kier alpha value is -2.00. The van der Waals surface area contributed by atoms with Gasteiger partial charge in [0.15, 0.2) is 0 Å². The zero-order valence-electron chi connectivity index (χ0n) is 20.0. The topological polar surface area (TPSA) is 42.1 Å². The SMILES string of the molecule is O=C(NCCCCN1CCN(c2cccc(C(F)(F)F)c2)CC1)N1CCC(N2CCCC2)CC1. The molecule has 3 aliphatic rings. The monoisotopic (exact) mass is 481 g/mol. The van der Waals surface area contributed by atoms with E-state index in [-0.39, 0.29) is 6.03 Å². The van der Waals surface area contributed by atoms with Gasteiger partial charge in [-0.3, -0.25) is 4.90 Å². The highest BCUT2D eigenvalue weighted by atomic mass is 19.4. The minimum Gasteiger partial charge on any atom is -0.369 e. The molecular weight excluding hydrogens is 443 g/mol. The molecule has 1 aromatic rings. The fraction of sp³-hybridized carbons (Fsp3) is 0.720. The summed E-state index contributed by atoms with van der Waals surface area (Å²) >= 11 is 0. The Morgan fingerprint density at radius 1 is 0.941 bits per heavy atom. The van der Waals surface area contributed by atoms with Crippen molar-refractivity contribution in [1.82, 2.24) is 20.0 Å². The number of alkyl halides is 3. The molecule has 1 aromatic carbocycles. The number of carbonyl (C=O) groups is 1. The van der Waals surface area contributed by atoms with E-state index in [1.807, 2.05) is 9.80 Å². The van der Waals surface area contributed by atoms with Crippen LogP contribution in [0.15, 0.2) is 24.3 Å². The number of hydrogen-bond acceptors (Lipinski definition) is 4. The second-order valence-electron chi connectivity index (χ2n) is 9.78. The Labute approximate surface area is 201 Å². The van der Waals surface area contributed by atoms with E-state index >= 15 is 0 Å². The van der Waals surface area contributed by atoms with E-state index in [1.165, 1.54) is 38.1 Å². The van der Waals surface area contributed by atoms with Crippen molar-refractivity contribution in [2.45, 2.75) is 50.7 Å². The van der Waals surface area contributed by atoms with E-state index in [0.717, 1.165) is 77.6 Å². The van der Waals surface area contributed by atoms with Crippen LogP contribution in [0.5, 0.6) is 0 Å². The number of piperidine rings is 1. The number of benzene rings is 1. The van der Waals surface area contributed by atoms with Gasteiger partial charge in [0.1, 0.15) is 0 Å². The minimum absolute atomic E-state index is 0.0644. The predicted octanol–water partition coefficient (Wildman–Crippen LogP) is 3.88. The van der Waals surface area contributed by atoms with E-state index in [2.05, 4.69) is 15.1 Å². The van der Waals surface area contributed by atoms with Crippen molar-refractivity contribution in [2.24, 2.45) is 0 Å². The summed E-state index contributed by atoms with van der Waals surface area (Å²) in [5, 5.41) is 3.08. The summed E-state index contributed by atoms with van der Waals surface area (Å²) in [6, 6.07) is 6.31. The quantitative estimate of drug-likeness (QED) is 0.601. The second kappa shape index (κ2) is 11.6. The molecule has 4 rings (SSSR count). The number of hydrogen-bond donors (Lipinski definition) is 1. The van der Waals surface area contributed by atoms with Crippen molar-refractivity contribution in [3.05, 3.63) is 29.8 Å². The Morgan fingerprint density at radius 2 is 1.65 bits per heavy atom. The average Bonchev–Trinajstić information content (AvgIpc) is 3.39. The molecule has 2 amide bonds. The Morgan fingerprint density at radius 3 is 2.32 bits per heavy atom. The Bertz CT molecular complexity index is 783. The van der Waals surface area contributed by atoms with Gasteiger partial charge in [-0.25, -0.2) is 4.79 Å². The summed E-state index contributed by atoms with van der Waals surface area (Å²) in [4.78, 5) is 21.4. The number of nitrogens with one attached hydrogen (secondary N) is 1. The normalized spacial score (nSPS) is 21.3. The van der Waals surface area contributed by atoms with Gasteiger partial charge in [0.2, 0.25) is 0 Å². The van der Waals surface area contributed by atoms with Gasteiger partial charge in [-0.2, -0.15) is 13.2 Å². The maximum absolute atomic E-state index is 13.0. The molecule has 3 fully saturated rings. The van der Waals surface area contributed by atoms with E-state index in [0.29, 0.717) is 18.3 Å². The lowest BCUT2D eigenvalue weighted by atomic mass is 10.0. The molecule has 0 atom stereocenters. The predicted molar refractivity (Wildman–Crippen MR) is 128 cm³/mol. The molecule has 3 saturated heterocycles. The van der Waals surface area contributed by atoms with Gasteiger partial charge in [-0.05, 0) is 76.4 Å². The summed E-state index contributed by atoms with van der Waals surface area (Å²) in [6.45, 7) is 8.92. The fourth-order valence-corrected chi connectivity index (χ4v) is 5.42. The van der Waals surface area contributed by atoms with E-state index in [9.17, 15) is 18.0 Å². The zero-order valence-corrected chi connectivity index (χ0v) is 20.0. The first-order chi connectivity index (χ1) is 16.4. The first kappa shape index (κ1) is 25.1. The third-order valence-corrected chi connectivity index (χ3v) is 7.50. The molecule has 1 N–H and O–H groups in total. The largest absolute Gasteiger partial charge is 0.416 e. The number of anilines is 1. The lowest BCUT2D eigenvalue weighted by Crippen LogP contribution is -2.49. The lowest BCUT2D eigenvalue weighted by Gasteiger charge is -2.36. The van der Waals surface area contributed by atoms with Crippen molar-refractivity contribution in [3.8, 4) is 0 Å². The maximum atomic E-state index is 13.0. The Kier molecular flexibility index (Phi) is 8.58. The van der Waals surface area contributed by atoms with Crippen molar-refractivity contribution in [2.75, 3.05) is 70.3 Å². The van der Waals surface area contributed by atoms with Gasteiger partial charge in [-0.1, -0.05) is 6.07 Å². The van der Waals surface area contributed by atoms with Gasteiger partial charge in [0.25, 0.3) is 0 Å². The van der Waals surface area contributed by atoms with Gasteiger partial charge < -0.3 is 20.0 Å². The number of likely N-dealkylation sites (tertiary alicyclic amines) is 2. The van der Waals surface area contributed by atoms with Crippen LogP contribution in [0, 0.1) is 0 Å². The van der Waals surface area contributed by atoms with Crippen LogP contribution in [0.1, 0.15) is 44.1 Å². The molecule has 34 heavy (non-hydrogen) atoms. The molecule has 3 heterocycles. The van der Waals surface area contributed by atoms with E-state index in [4.69, 9.17) is 0 Å². The van der Waals surface area contributed by atoms with Gasteiger partial charge in [-0.15, -0.1) is 0 Å². The van der Waals surface area contributed by atoms with E-state index in [1.54, 1.807) is 6.07 Å². The lowest BCUT2D eigenvalue weighted by molar-refractivity contribution is -0.137. The van der Waals surface area contributed by atoms with Crippen LogP contribution in [0.4, 0.5) is 23.7 Å². The van der Waals surface area contributed by atoms with Crippen LogP contribution in [0.2, 0.25) is 0 Å². The second-order valence-corrected chi connectivity index (χ2v) is 9.78. The van der Waals surface area contributed by atoms with Gasteiger partial charge in [0.05, 0.1) is 5.56 Å². The molecular formula is C25H38F3N5O. The summed E-state index contributed by atoms with van der Waals surface area (Å²) in [5.41, 5.74) is 0.0482. The molecule has 6 nitrogen and oxygen atoms in total. The van der Waals surface area contributed by atoms with Crippen molar-refractivity contribution in [1.29, 1.82) is 0 Å². The molecule has 0 aliphatic carbocycles. The number of rotatable bonds is 7. The third-order valence-electron chi connectivity index (χ3n) is 7.50. The van der Waals surface area contributed by atoms with Crippen LogP contribution in [0.3, 0.4) is 0 Å². The molecule has 9 heteroatoms. The van der Waals surface area contributed by atoms with Crippen LogP contribution < -0.4 is 10.2 Å². The first-order valence-electron chi connectivity index (χ1n) is 12.8. The highest BCUT2D eigenvalue weighted by Crippen LogP contribution is 2.32. The zero-order chi connectivity index (χ0) is 24.0. The number of carbonyl (C=O) groups excluding carboxylic acids is 1. The number of unbranched alkanes of at least 4 members (excludes halogenated alkanes) is 1. The van der Waals surface area contributed by atoms with Crippen molar-refractivity contribution in [3.63, 3.8) is 0 Å². The number of nitrogens with zero attached hydrogens (tertiary/aromatic N) is 4. The van der Waals surface area contributed by atoms with E-state index < -0.39 is 11.7 Å². The molecule has 0 spiro atoms. The van der Waals surface area contributed by atoms with Gasteiger partial charge >= 0.3 is 12.2 Å². The number of piperazine rings is 1. The summed E-state index contributed by atoms with van der Waals surface area (Å²) in [5.74, 6) is 0. The summed E-state index contributed by atoms with van der Waals surface area (Å²) < 4.78 is 38.9. The van der Waals surface area contributed by atoms with Crippen LogP contribution in [0.25, 0.3) is 0 Å². The average molecular weight is 482 g/mol. The Balaban J connectivity index is 1.07. The smallest absolute Gasteiger partial charge is 0.369 e. The molecule has 190 valence electrons. The highest BCUT2D eigenvalue weighted by Gasteiger charge is 2.31. The summed E-state index contributed by atoms with van der Waals surface area (Å²) in [6.07, 6.45) is 2.42. The number of amides is 2. The van der Waals surface area contributed by atoms with Crippen LogP contribution >= 0.6 is 0 Å². The number of halogens is 3. The molecule has 0 aromatic heterocycles. The first-order valence-corrected chi connectivity index (χ1v) is 12.8. The standard InChI is InChI=1S/C25H38F3N5O/c26-25(27,28)21-6-5-7-23(20-21)32-18-16-30(17-19-32)11-2-1-10-29-24(34)33-14-8-22(9-15-33)31-12-3-4-13-31/h5-7,20,22H,1-4,8-19H2,(H,29,34). The minimum atomic E-state index is -4.31. The molecule has 0 saturated carbocycles. The van der Waals surface area contributed by atoms with Crippen LogP contribution in [-0.2, 0) is 6.18 Å².